The van der Waals surface area contributed by atoms with Gasteiger partial charge in [0.25, 0.3) is 0 Å². The number of hydrogen-bond acceptors (Lipinski definition) is 5. The van der Waals surface area contributed by atoms with Crippen LogP contribution < -0.4 is 10.1 Å². The summed E-state index contributed by atoms with van der Waals surface area (Å²) in [6.07, 6.45) is 0.182. The fraction of sp³-hybridized carbons (Fsp3) is 0.538. The zero-order chi connectivity index (χ0) is 15.6. The Morgan fingerprint density at radius 2 is 2.29 bits per heavy atom. The molecule has 6 nitrogen and oxygen atoms in total. The zero-order valence-electron chi connectivity index (χ0n) is 11.6. The van der Waals surface area contributed by atoms with Gasteiger partial charge in [0, 0.05) is 19.1 Å². The molecular formula is C13H16BrFN2O4. The molecule has 0 radical (unpaired) electrons. The minimum Gasteiger partial charge on any atom is -0.480 e. The van der Waals surface area contributed by atoms with E-state index in [1.54, 1.807) is 0 Å². The fourth-order valence-corrected chi connectivity index (χ4v) is 2.86. The van der Waals surface area contributed by atoms with Crippen molar-refractivity contribution in [2.45, 2.75) is 31.6 Å². The Morgan fingerprint density at radius 3 is 2.86 bits per heavy atom. The molecule has 116 valence electrons. The normalized spacial score (nSPS) is 24.5. The number of benzene rings is 1. The lowest BCUT2D eigenvalue weighted by atomic mass is 9.85. The van der Waals surface area contributed by atoms with E-state index in [0.29, 0.717) is 13.0 Å². The summed E-state index contributed by atoms with van der Waals surface area (Å²) >= 11 is 3.11. The number of nitrogens with one attached hydrogen (secondary N) is 1. The highest BCUT2D eigenvalue weighted by Crippen LogP contribution is 2.39. The van der Waals surface area contributed by atoms with Crippen molar-refractivity contribution < 1.29 is 18.8 Å². The van der Waals surface area contributed by atoms with Gasteiger partial charge in [-0.05, 0) is 36.0 Å². The molecular weight excluding hydrogens is 347 g/mol. The molecule has 1 N–H and O–H groups in total. The van der Waals surface area contributed by atoms with Crippen molar-refractivity contribution in [3.8, 4) is 5.75 Å². The maximum atomic E-state index is 13.3. The van der Waals surface area contributed by atoms with E-state index in [2.05, 4.69) is 21.2 Å². The van der Waals surface area contributed by atoms with Crippen LogP contribution in [0.2, 0.25) is 0 Å². The third kappa shape index (κ3) is 3.33. The first kappa shape index (κ1) is 16.1. The largest absolute Gasteiger partial charge is 0.480 e. The number of nitrogens with zero attached hydrogens (tertiary/aromatic N) is 1. The molecule has 1 fully saturated rings. The molecule has 0 spiro atoms. The summed E-state index contributed by atoms with van der Waals surface area (Å²) in [5, 5.41) is 14.1. The minimum absolute atomic E-state index is 0.0330. The Morgan fingerprint density at radius 1 is 1.57 bits per heavy atom. The van der Waals surface area contributed by atoms with E-state index in [4.69, 9.17) is 9.47 Å². The van der Waals surface area contributed by atoms with Crippen molar-refractivity contribution in [2.75, 3.05) is 13.7 Å². The van der Waals surface area contributed by atoms with Crippen LogP contribution in [-0.4, -0.2) is 36.8 Å². The summed E-state index contributed by atoms with van der Waals surface area (Å²) < 4.78 is 24.8. The van der Waals surface area contributed by atoms with Gasteiger partial charge in [0.2, 0.25) is 5.75 Å². The Balaban J connectivity index is 2.22. The predicted octanol–water partition coefficient (Wildman–Crippen LogP) is 2.64. The Bertz CT molecular complexity index is 543. The monoisotopic (exact) mass is 362 g/mol. The fourth-order valence-electron chi connectivity index (χ4n) is 2.35. The highest BCUT2D eigenvalue weighted by atomic mass is 79.9. The van der Waals surface area contributed by atoms with Crippen LogP contribution >= 0.6 is 15.9 Å². The molecule has 3 atom stereocenters. The molecule has 0 aromatic heterocycles. The zero-order valence-corrected chi connectivity index (χ0v) is 13.2. The van der Waals surface area contributed by atoms with Crippen LogP contribution in [0.1, 0.15) is 13.3 Å². The van der Waals surface area contributed by atoms with E-state index in [9.17, 15) is 14.5 Å². The van der Waals surface area contributed by atoms with Gasteiger partial charge in [-0.2, -0.15) is 0 Å². The van der Waals surface area contributed by atoms with Crippen LogP contribution in [0.15, 0.2) is 16.6 Å². The summed E-state index contributed by atoms with van der Waals surface area (Å²) in [6.45, 7) is 2.40. The number of rotatable bonds is 6. The van der Waals surface area contributed by atoms with Gasteiger partial charge in [-0.3, -0.25) is 10.1 Å². The molecule has 0 heterocycles. The van der Waals surface area contributed by atoms with Gasteiger partial charge in [-0.15, -0.1) is 0 Å². The lowest BCUT2D eigenvalue weighted by Gasteiger charge is -2.43. The standard InChI is InChI=1S/C13H16BrFN2O4/c1-3-20-13-9(16-2)6-11(13)21-12-8(14)4-7(15)5-10(12)17(18)19/h4-5,9,11,13,16H,3,6H2,1-2H3. The van der Waals surface area contributed by atoms with E-state index < -0.39 is 16.4 Å². The second kappa shape index (κ2) is 6.67. The predicted molar refractivity (Wildman–Crippen MR) is 78.0 cm³/mol. The Labute approximate surface area is 129 Å². The minimum atomic E-state index is -0.691. The summed E-state index contributed by atoms with van der Waals surface area (Å²) in [5.41, 5.74) is -0.398. The summed E-state index contributed by atoms with van der Waals surface area (Å²) in [7, 11) is 1.82. The molecule has 1 saturated carbocycles. The SMILES string of the molecule is CCOC1C(NC)CC1Oc1c(Br)cc(F)cc1[N+](=O)[O-]. The molecule has 1 aromatic carbocycles. The van der Waals surface area contributed by atoms with Crippen molar-refractivity contribution in [3.05, 3.63) is 32.5 Å². The number of hydrogen-bond donors (Lipinski definition) is 1. The molecule has 2 rings (SSSR count). The first-order chi connectivity index (χ1) is 9.97. The van der Waals surface area contributed by atoms with Gasteiger partial charge >= 0.3 is 5.69 Å². The van der Waals surface area contributed by atoms with Gasteiger partial charge in [-0.25, -0.2) is 4.39 Å². The van der Waals surface area contributed by atoms with Gasteiger partial charge in [0.15, 0.2) is 0 Å². The van der Waals surface area contributed by atoms with E-state index in [-0.39, 0.29) is 28.5 Å². The van der Waals surface area contributed by atoms with Crippen molar-refractivity contribution in [1.82, 2.24) is 5.32 Å². The lowest BCUT2D eigenvalue weighted by molar-refractivity contribution is -0.386. The molecule has 0 amide bonds. The topological polar surface area (TPSA) is 73.6 Å². The maximum absolute atomic E-state index is 13.3. The van der Waals surface area contributed by atoms with Gasteiger partial charge in [-0.1, -0.05) is 0 Å². The molecule has 1 aliphatic carbocycles. The Hall–Kier alpha value is -1.25. The average molecular weight is 363 g/mol. The van der Waals surface area contributed by atoms with Crippen LogP contribution in [-0.2, 0) is 4.74 Å². The first-order valence-electron chi connectivity index (χ1n) is 6.56. The van der Waals surface area contributed by atoms with Gasteiger partial charge in [0.05, 0.1) is 15.5 Å². The summed E-state index contributed by atoms with van der Waals surface area (Å²) in [6, 6.07) is 2.14. The highest BCUT2D eigenvalue weighted by Gasteiger charge is 2.44. The number of nitro groups is 1. The second-order valence-corrected chi connectivity index (χ2v) is 5.55. The summed E-state index contributed by atoms with van der Waals surface area (Å²) in [5.74, 6) is -0.658. The Kier molecular flexibility index (Phi) is 5.13. The number of likely N-dealkylation sites (N-methyl/N-ethyl adjacent to an activating group) is 1. The first-order valence-corrected chi connectivity index (χ1v) is 7.36. The van der Waals surface area contributed by atoms with Crippen molar-refractivity contribution in [1.29, 1.82) is 0 Å². The van der Waals surface area contributed by atoms with Crippen molar-refractivity contribution in [3.63, 3.8) is 0 Å². The van der Waals surface area contributed by atoms with E-state index >= 15 is 0 Å². The van der Waals surface area contributed by atoms with Crippen LogP contribution in [0.5, 0.6) is 5.75 Å². The molecule has 21 heavy (non-hydrogen) atoms. The number of nitro benzene ring substituents is 1. The van der Waals surface area contributed by atoms with Crippen LogP contribution in [0.25, 0.3) is 0 Å². The maximum Gasteiger partial charge on any atom is 0.315 e. The number of halogens is 2. The van der Waals surface area contributed by atoms with Crippen LogP contribution in [0, 0.1) is 15.9 Å². The molecule has 8 heteroatoms. The van der Waals surface area contributed by atoms with Gasteiger partial charge in [0.1, 0.15) is 18.0 Å². The molecule has 0 saturated heterocycles. The van der Waals surface area contributed by atoms with Gasteiger partial charge < -0.3 is 14.8 Å². The highest BCUT2D eigenvalue weighted by molar-refractivity contribution is 9.10. The lowest BCUT2D eigenvalue weighted by Crippen LogP contribution is -2.60. The van der Waals surface area contributed by atoms with Crippen molar-refractivity contribution >= 4 is 21.6 Å². The molecule has 0 aliphatic heterocycles. The van der Waals surface area contributed by atoms with Crippen LogP contribution in [0.4, 0.5) is 10.1 Å². The third-order valence-electron chi connectivity index (χ3n) is 3.43. The molecule has 1 aliphatic rings. The van der Waals surface area contributed by atoms with Crippen LogP contribution in [0.3, 0.4) is 0 Å². The van der Waals surface area contributed by atoms with E-state index in [1.165, 1.54) is 0 Å². The second-order valence-electron chi connectivity index (χ2n) is 4.70. The molecule has 1 aromatic rings. The average Bonchev–Trinajstić information content (AvgIpc) is 2.41. The smallest absolute Gasteiger partial charge is 0.315 e. The summed E-state index contributed by atoms with van der Waals surface area (Å²) in [4.78, 5) is 10.4. The van der Waals surface area contributed by atoms with E-state index in [0.717, 1.165) is 12.1 Å². The van der Waals surface area contributed by atoms with E-state index in [1.807, 2.05) is 14.0 Å². The third-order valence-corrected chi connectivity index (χ3v) is 4.02. The molecule has 0 bridgehead atoms. The quantitative estimate of drug-likeness (QED) is 0.621. The van der Waals surface area contributed by atoms with Crippen molar-refractivity contribution in [2.24, 2.45) is 0 Å². The molecule has 3 unspecified atom stereocenters. The number of ether oxygens (including phenoxy) is 2.